The molecule has 0 amide bonds. The van der Waals surface area contributed by atoms with Crippen LogP contribution in [0.2, 0.25) is 0 Å². The van der Waals surface area contributed by atoms with Crippen LogP contribution < -0.4 is 5.73 Å². The Balaban J connectivity index is 2.26. The van der Waals surface area contributed by atoms with E-state index in [-0.39, 0.29) is 23.0 Å². The Morgan fingerprint density at radius 2 is 1.94 bits per heavy atom. The third kappa shape index (κ3) is 2.08. The minimum Gasteiger partial charge on any atom is -0.398 e. The van der Waals surface area contributed by atoms with E-state index in [0.717, 1.165) is 25.7 Å². The summed E-state index contributed by atoms with van der Waals surface area (Å²) in [7, 11) is 0. The summed E-state index contributed by atoms with van der Waals surface area (Å²) in [6, 6.07) is 4.41. The summed E-state index contributed by atoms with van der Waals surface area (Å²) in [5.74, 6) is -0.640. The zero-order valence-corrected chi connectivity index (χ0v) is 9.21. The molecule has 2 N–H and O–H groups in total. The van der Waals surface area contributed by atoms with Gasteiger partial charge >= 0.3 is 0 Å². The van der Waals surface area contributed by atoms with Gasteiger partial charge in [-0.05, 0) is 25.0 Å². The van der Waals surface area contributed by atoms with Gasteiger partial charge in [-0.3, -0.25) is 4.79 Å². The van der Waals surface area contributed by atoms with Crippen molar-refractivity contribution in [2.24, 2.45) is 5.92 Å². The van der Waals surface area contributed by atoms with Crippen molar-refractivity contribution in [3.05, 3.63) is 29.6 Å². The molecule has 0 unspecified atom stereocenters. The number of Topliss-reactive ketones (excluding diaryl/α,β-unsaturated/α-hetero) is 1. The Kier molecular flexibility index (Phi) is 3.22. The van der Waals surface area contributed by atoms with Crippen molar-refractivity contribution in [3.63, 3.8) is 0 Å². The number of anilines is 1. The molecule has 1 fully saturated rings. The molecule has 1 aromatic carbocycles. The highest BCUT2D eigenvalue weighted by Crippen LogP contribution is 2.29. The summed E-state index contributed by atoms with van der Waals surface area (Å²) in [4.78, 5) is 12.1. The topological polar surface area (TPSA) is 43.1 Å². The summed E-state index contributed by atoms with van der Waals surface area (Å²) in [5, 5.41) is 0. The molecule has 0 spiro atoms. The van der Waals surface area contributed by atoms with Crippen molar-refractivity contribution in [2.75, 3.05) is 5.73 Å². The first-order chi connectivity index (χ1) is 7.70. The molecule has 3 heteroatoms. The van der Waals surface area contributed by atoms with E-state index in [2.05, 4.69) is 0 Å². The lowest BCUT2D eigenvalue weighted by Gasteiger charge is -2.21. The molecule has 0 aromatic heterocycles. The van der Waals surface area contributed by atoms with Crippen LogP contribution in [0.15, 0.2) is 18.2 Å². The molecule has 0 bridgehead atoms. The summed E-state index contributed by atoms with van der Waals surface area (Å²) in [6.07, 6.45) is 5.03. The van der Waals surface area contributed by atoms with Crippen molar-refractivity contribution < 1.29 is 9.18 Å². The van der Waals surface area contributed by atoms with Crippen LogP contribution in [0.5, 0.6) is 0 Å². The van der Waals surface area contributed by atoms with Crippen LogP contribution in [0.3, 0.4) is 0 Å². The zero-order valence-electron chi connectivity index (χ0n) is 9.21. The Morgan fingerprint density at radius 1 is 1.25 bits per heavy atom. The monoisotopic (exact) mass is 221 g/mol. The molecule has 16 heavy (non-hydrogen) atoms. The van der Waals surface area contributed by atoms with Gasteiger partial charge in [0.1, 0.15) is 5.82 Å². The first kappa shape index (κ1) is 11.1. The molecule has 0 aliphatic heterocycles. The lowest BCUT2D eigenvalue weighted by Crippen LogP contribution is -2.20. The summed E-state index contributed by atoms with van der Waals surface area (Å²) in [6.45, 7) is 0. The van der Waals surface area contributed by atoms with Crippen LogP contribution in [0.1, 0.15) is 42.5 Å². The van der Waals surface area contributed by atoms with E-state index < -0.39 is 5.82 Å². The number of benzene rings is 1. The van der Waals surface area contributed by atoms with Crippen LogP contribution >= 0.6 is 0 Å². The second-order valence-electron chi connectivity index (χ2n) is 4.40. The Hall–Kier alpha value is -1.38. The van der Waals surface area contributed by atoms with Crippen LogP contribution in [0.25, 0.3) is 0 Å². The maximum atomic E-state index is 13.6. The highest BCUT2D eigenvalue weighted by Gasteiger charge is 2.25. The first-order valence-electron chi connectivity index (χ1n) is 5.78. The zero-order chi connectivity index (χ0) is 11.5. The number of hydrogen-bond donors (Lipinski definition) is 1. The molecule has 1 saturated carbocycles. The van der Waals surface area contributed by atoms with Crippen LogP contribution in [0, 0.1) is 11.7 Å². The van der Waals surface area contributed by atoms with E-state index in [0.29, 0.717) is 0 Å². The standard InChI is InChI=1S/C13H16FNO/c14-10-7-4-8-11(15)12(10)13(16)9-5-2-1-3-6-9/h4,7-9H,1-3,5-6,15H2. The lowest BCUT2D eigenvalue weighted by molar-refractivity contribution is 0.0886. The number of nitrogens with two attached hydrogens (primary N) is 1. The number of halogens is 1. The van der Waals surface area contributed by atoms with Crippen LogP contribution in [0.4, 0.5) is 10.1 Å². The molecular formula is C13H16FNO. The summed E-state index contributed by atoms with van der Waals surface area (Å²) in [5.41, 5.74) is 6.02. The molecule has 2 rings (SSSR count). The van der Waals surface area contributed by atoms with Gasteiger partial charge in [0, 0.05) is 11.6 Å². The molecule has 0 radical (unpaired) electrons. The van der Waals surface area contributed by atoms with E-state index in [1.54, 1.807) is 6.07 Å². The fourth-order valence-electron chi connectivity index (χ4n) is 2.37. The van der Waals surface area contributed by atoms with Crippen molar-refractivity contribution in [1.82, 2.24) is 0 Å². The smallest absolute Gasteiger partial charge is 0.170 e. The van der Waals surface area contributed by atoms with Gasteiger partial charge in [-0.1, -0.05) is 25.3 Å². The third-order valence-corrected chi connectivity index (χ3v) is 3.27. The molecule has 0 saturated heterocycles. The number of carbonyl (C=O) groups excluding carboxylic acids is 1. The number of rotatable bonds is 2. The second kappa shape index (κ2) is 4.64. The van der Waals surface area contributed by atoms with Crippen molar-refractivity contribution >= 4 is 11.5 Å². The molecule has 1 aromatic rings. The molecule has 86 valence electrons. The third-order valence-electron chi connectivity index (χ3n) is 3.27. The van der Waals surface area contributed by atoms with Crippen LogP contribution in [-0.2, 0) is 0 Å². The largest absolute Gasteiger partial charge is 0.398 e. The molecule has 0 heterocycles. The van der Waals surface area contributed by atoms with Crippen LogP contribution in [-0.4, -0.2) is 5.78 Å². The maximum Gasteiger partial charge on any atom is 0.170 e. The van der Waals surface area contributed by atoms with Gasteiger partial charge in [-0.15, -0.1) is 0 Å². The molecule has 2 nitrogen and oxygen atoms in total. The van der Waals surface area contributed by atoms with Gasteiger partial charge in [0.25, 0.3) is 0 Å². The van der Waals surface area contributed by atoms with Crippen molar-refractivity contribution in [2.45, 2.75) is 32.1 Å². The van der Waals surface area contributed by atoms with E-state index in [1.165, 1.54) is 18.6 Å². The summed E-state index contributed by atoms with van der Waals surface area (Å²) < 4.78 is 13.6. The lowest BCUT2D eigenvalue weighted by atomic mass is 9.83. The van der Waals surface area contributed by atoms with Gasteiger partial charge < -0.3 is 5.73 Å². The predicted molar refractivity (Wildman–Crippen MR) is 61.7 cm³/mol. The van der Waals surface area contributed by atoms with Crippen molar-refractivity contribution in [1.29, 1.82) is 0 Å². The minimum atomic E-state index is -0.490. The quantitative estimate of drug-likeness (QED) is 0.615. The number of ketones is 1. The normalized spacial score (nSPS) is 17.3. The molecular weight excluding hydrogens is 205 g/mol. The summed E-state index contributed by atoms with van der Waals surface area (Å²) >= 11 is 0. The van der Waals surface area contributed by atoms with E-state index in [1.807, 2.05) is 0 Å². The highest BCUT2D eigenvalue weighted by atomic mass is 19.1. The van der Waals surface area contributed by atoms with E-state index in [9.17, 15) is 9.18 Å². The first-order valence-corrected chi connectivity index (χ1v) is 5.78. The number of carbonyl (C=O) groups is 1. The van der Waals surface area contributed by atoms with Gasteiger partial charge in [0.15, 0.2) is 5.78 Å². The van der Waals surface area contributed by atoms with E-state index in [4.69, 9.17) is 5.73 Å². The average molecular weight is 221 g/mol. The Morgan fingerprint density at radius 3 is 2.56 bits per heavy atom. The van der Waals surface area contributed by atoms with E-state index >= 15 is 0 Å². The van der Waals surface area contributed by atoms with Gasteiger partial charge in [0.05, 0.1) is 5.56 Å². The molecule has 1 aliphatic rings. The maximum absolute atomic E-state index is 13.6. The SMILES string of the molecule is Nc1cccc(F)c1C(=O)C1CCCCC1. The molecule has 1 aliphatic carbocycles. The fourth-order valence-corrected chi connectivity index (χ4v) is 2.37. The van der Waals surface area contributed by atoms with Gasteiger partial charge in [-0.2, -0.15) is 0 Å². The van der Waals surface area contributed by atoms with Crippen molar-refractivity contribution in [3.8, 4) is 0 Å². The average Bonchev–Trinajstić information content (AvgIpc) is 2.30. The predicted octanol–water partition coefficient (Wildman–Crippen LogP) is 3.17. The molecule has 0 atom stereocenters. The number of hydrogen-bond acceptors (Lipinski definition) is 2. The second-order valence-corrected chi connectivity index (χ2v) is 4.40. The number of nitrogen functional groups attached to an aromatic ring is 1. The Bertz CT molecular complexity index is 377. The minimum absolute atomic E-state index is 0.0343. The Labute approximate surface area is 94.6 Å². The highest BCUT2D eigenvalue weighted by molar-refractivity contribution is 6.02. The fraction of sp³-hybridized carbons (Fsp3) is 0.462. The van der Waals surface area contributed by atoms with Gasteiger partial charge in [-0.25, -0.2) is 4.39 Å². The van der Waals surface area contributed by atoms with Gasteiger partial charge in [0.2, 0.25) is 0 Å².